The molecule has 0 spiro atoms. The molecule has 2 rings (SSSR count). The normalized spacial score (nSPS) is 12.1. The Hall–Kier alpha value is -1.28. The third-order valence-electron chi connectivity index (χ3n) is 2.98. The molecule has 0 radical (unpaired) electrons. The van der Waals surface area contributed by atoms with E-state index in [4.69, 9.17) is 4.74 Å². The molecule has 0 aliphatic rings. The first-order valence-corrected chi connectivity index (χ1v) is 7.59. The van der Waals surface area contributed by atoms with Gasteiger partial charge < -0.3 is 4.74 Å². The molecule has 1 atom stereocenters. The lowest BCUT2D eigenvalue weighted by Crippen LogP contribution is -2.00. The Balaban J connectivity index is 1.88. The summed E-state index contributed by atoms with van der Waals surface area (Å²) < 4.78 is 5.73. The molecule has 1 unspecified atom stereocenters. The summed E-state index contributed by atoms with van der Waals surface area (Å²) >= 11 is 3.54. The van der Waals surface area contributed by atoms with Gasteiger partial charge in [0.2, 0.25) is 0 Å². The van der Waals surface area contributed by atoms with Crippen molar-refractivity contribution >= 4 is 15.9 Å². The highest BCUT2D eigenvalue weighted by atomic mass is 79.9. The van der Waals surface area contributed by atoms with Crippen molar-refractivity contribution in [2.24, 2.45) is 0 Å². The molecule has 2 aromatic rings. The van der Waals surface area contributed by atoms with Crippen molar-refractivity contribution in [2.45, 2.75) is 24.6 Å². The van der Waals surface area contributed by atoms with Crippen LogP contribution in [0.5, 0.6) is 5.75 Å². The topological polar surface area (TPSA) is 9.23 Å². The standard InChI is InChI=1S/C17H19BrO/c1-14(18)6-5-13-19-17-11-9-16(10-12-17)15-7-3-2-4-8-15/h2-4,7-12,14H,5-6,13H2,1H3. The Morgan fingerprint density at radius 1 is 0.947 bits per heavy atom. The minimum atomic E-state index is 0.566. The van der Waals surface area contributed by atoms with Crippen molar-refractivity contribution in [3.8, 4) is 16.9 Å². The largest absolute Gasteiger partial charge is 0.494 e. The molecular weight excluding hydrogens is 300 g/mol. The highest BCUT2D eigenvalue weighted by Crippen LogP contribution is 2.22. The first kappa shape index (κ1) is 14.1. The molecule has 1 nitrogen and oxygen atoms in total. The van der Waals surface area contributed by atoms with Crippen molar-refractivity contribution < 1.29 is 4.74 Å². The number of benzene rings is 2. The van der Waals surface area contributed by atoms with Crippen LogP contribution >= 0.6 is 15.9 Å². The van der Waals surface area contributed by atoms with Gasteiger partial charge in [0.25, 0.3) is 0 Å². The van der Waals surface area contributed by atoms with Crippen LogP contribution in [0.3, 0.4) is 0 Å². The van der Waals surface area contributed by atoms with Gasteiger partial charge in [0.1, 0.15) is 5.75 Å². The predicted molar refractivity (Wildman–Crippen MR) is 85.0 cm³/mol. The summed E-state index contributed by atoms with van der Waals surface area (Å²) in [6, 6.07) is 18.7. The number of alkyl halides is 1. The second kappa shape index (κ2) is 7.34. The van der Waals surface area contributed by atoms with Crippen molar-refractivity contribution in [2.75, 3.05) is 6.61 Å². The highest BCUT2D eigenvalue weighted by Gasteiger charge is 1.99. The zero-order valence-electron chi connectivity index (χ0n) is 11.2. The van der Waals surface area contributed by atoms with Gasteiger partial charge in [-0.15, -0.1) is 0 Å². The zero-order valence-corrected chi connectivity index (χ0v) is 12.8. The van der Waals surface area contributed by atoms with E-state index in [1.54, 1.807) is 0 Å². The second-order valence-electron chi connectivity index (χ2n) is 4.66. The molecule has 0 fully saturated rings. The molecule has 0 amide bonds. The predicted octanol–water partition coefficient (Wildman–Crippen LogP) is 5.30. The molecule has 2 aromatic carbocycles. The fourth-order valence-corrected chi connectivity index (χ4v) is 2.25. The fourth-order valence-electron chi connectivity index (χ4n) is 1.93. The SMILES string of the molecule is CC(Br)CCCOc1ccc(-c2ccccc2)cc1. The lowest BCUT2D eigenvalue weighted by Gasteiger charge is -2.08. The monoisotopic (exact) mass is 318 g/mol. The number of hydrogen-bond acceptors (Lipinski definition) is 1. The van der Waals surface area contributed by atoms with Crippen LogP contribution in [0.25, 0.3) is 11.1 Å². The minimum Gasteiger partial charge on any atom is -0.494 e. The van der Waals surface area contributed by atoms with Gasteiger partial charge in [0, 0.05) is 4.83 Å². The van der Waals surface area contributed by atoms with Gasteiger partial charge in [-0.3, -0.25) is 0 Å². The highest BCUT2D eigenvalue weighted by molar-refractivity contribution is 9.09. The van der Waals surface area contributed by atoms with Gasteiger partial charge in [0.05, 0.1) is 6.61 Å². The van der Waals surface area contributed by atoms with Crippen LogP contribution in [0.2, 0.25) is 0 Å². The number of hydrogen-bond donors (Lipinski definition) is 0. The van der Waals surface area contributed by atoms with Gasteiger partial charge in [-0.25, -0.2) is 0 Å². The first-order chi connectivity index (χ1) is 9.25. The third-order valence-corrected chi connectivity index (χ3v) is 3.43. The summed E-state index contributed by atoms with van der Waals surface area (Å²) in [5, 5.41) is 0. The lowest BCUT2D eigenvalue weighted by molar-refractivity contribution is 0.307. The molecule has 0 saturated heterocycles. The van der Waals surface area contributed by atoms with Crippen LogP contribution in [-0.2, 0) is 0 Å². The van der Waals surface area contributed by atoms with E-state index in [1.165, 1.54) is 11.1 Å². The summed E-state index contributed by atoms with van der Waals surface area (Å²) in [7, 11) is 0. The summed E-state index contributed by atoms with van der Waals surface area (Å²) in [4.78, 5) is 0.566. The van der Waals surface area contributed by atoms with E-state index in [0.29, 0.717) is 4.83 Å². The third kappa shape index (κ3) is 4.71. The Morgan fingerprint density at radius 2 is 1.58 bits per heavy atom. The Morgan fingerprint density at radius 3 is 2.21 bits per heavy atom. The summed E-state index contributed by atoms with van der Waals surface area (Å²) in [5.41, 5.74) is 2.46. The number of rotatable bonds is 6. The molecule has 19 heavy (non-hydrogen) atoms. The smallest absolute Gasteiger partial charge is 0.119 e. The first-order valence-electron chi connectivity index (χ1n) is 6.68. The van der Waals surface area contributed by atoms with E-state index in [-0.39, 0.29) is 0 Å². The van der Waals surface area contributed by atoms with Gasteiger partial charge >= 0.3 is 0 Å². The van der Waals surface area contributed by atoms with E-state index in [2.05, 4.69) is 59.3 Å². The Kier molecular flexibility index (Phi) is 5.46. The maximum absolute atomic E-state index is 5.73. The molecule has 0 heterocycles. The Bertz CT molecular complexity index is 476. The molecule has 0 aromatic heterocycles. The van der Waals surface area contributed by atoms with Crippen molar-refractivity contribution in [3.05, 3.63) is 54.6 Å². The Labute approximate surface area is 123 Å². The van der Waals surface area contributed by atoms with Crippen molar-refractivity contribution in [1.29, 1.82) is 0 Å². The molecular formula is C17H19BrO. The molecule has 0 N–H and O–H groups in total. The van der Waals surface area contributed by atoms with Crippen LogP contribution in [0.1, 0.15) is 19.8 Å². The summed E-state index contributed by atoms with van der Waals surface area (Å²) in [6.45, 7) is 2.94. The lowest BCUT2D eigenvalue weighted by atomic mass is 10.1. The molecule has 2 heteroatoms. The van der Waals surface area contributed by atoms with E-state index in [9.17, 15) is 0 Å². The average Bonchev–Trinajstić information content (AvgIpc) is 2.45. The van der Waals surface area contributed by atoms with Gasteiger partial charge in [-0.2, -0.15) is 0 Å². The molecule has 0 bridgehead atoms. The van der Waals surface area contributed by atoms with Gasteiger partial charge in [0.15, 0.2) is 0 Å². The number of halogens is 1. The molecule has 0 saturated carbocycles. The summed E-state index contributed by atoms with van der Waals surface area (Å²) in [5.74, 6) is 0.946. The van der Waals surface area contributed by atoms with Crippen LogP contribution in [0.4, 0.5) is 0 Å². The molecule has 0 aliphatic carbocycles. The van der Waals surface area contributed by atoms with Gasteiger partial charge in [-0.05, 0) is 36.1 Å². The van der Waals surface area contributed by atoms with Crippen molar-refractivity contribution in [1.82, 2.24) is 0 Å². The van der Waals surface area contributed by atoms with Crippen LogP contribution in [-0.4, -0.2) is 11.4 Å². The van der Waals surface area contributed by atoms with E-state index >= 15 is 0 Å². The van der Waals surface area contributed by atoms with Gasteiger partial charge in [-0.1, -0.05) is 65.3 Å². The maximum atomic E-state index is 5.73. The van der Waals surface area contributed by atoms with E-state index < -0.39 is 0 Å². The van der Waals surface area contributed by atoms with Crippen LogP contribution in [0, 0.1) is 0 Å². The average molecular weight is 319 g/mol. The summed E-state index contributed by atoms with van der Waals surface area (Å²) in [6.07, 6.45) is 2.22. The number of ether oxygens (including phenoxy) is 1. The molecule has 100 valence electrons. The van der Waals surface area contributed by atoms with Crippen molar-refractivity contribution in [3.63, 3.8) is 0 Å². The quantitative estimate of drug-likeness (QED) is 0.519. The zero-order chi connectivity index (χ0) is 13.5. The van der Waals surface area contributed by atoms with E-state index in [0.717, 1.165) is 25.2 Å². The van der Waals surface area contributed by atoms with E-state index in [1.807, 2.05) is 18.2 Å². The fraction of sp³-hybridized carbons (Fsp3) is 0.294. The maximum Gasteiger partial charge on any atom is 0.119 e. The van der Waals surface area contributed by atoms with Crippen LogP contribution in [0.15, 0.2) is 54.6 Å². The second-order valence-corrected chi connectivity index (χ2v) is 6.23. The minimum absolute atomic E-state index is 0.566. The van der Waals surface area contributed by atoms with Crippen LogP contribution < -0.4 is 4.74 Å². The molecule has 0 aliphatic heterocycles.